The molecule has 0 aliphatic rings. The van der Waals surface area contributed by atoms with E-state index in [1.54, 1.807) is 12.2 Å². The third-order valence-corrected chi connectivity index (χ3v) is 2.70. The second-order valence-corrected chi connectivity index (χ2v) is 4.43. The number of rotatable bonds is 9. The van der Waals surface area contributed by atoms with Gasteiger partial charge in [0.05, 0.1) is 0 Å². The summed E-state index contributed by atoms with van der Waals surface area (Å²) in [5.74, 6) is 10.3. The molecule has 0 aliphatic heterocycles. The molecule has 3 heteroatoms. The summed E-state index contributed by atoms with van der Waals surface area (Å²) in [6.07, 6.45) is 10.1. The van der Waals surface area contributed by atoms with Crippen LogP contribution in [0.1, 0.15) is 45.4 Å². The second kappa shape index (κ2) is 13.9. The third-order valence-electron chi connectivity index (χ3n) is 2.70. The fourth-order valence-corrected chi connectivity index (χ4v) is 1.54. The van der Waals surface area contributed by atoms with E-state index in [1.165, 1.54) is 25.3 Å². The van der Waals surface area contributed by atoms with Crippen LogP contribution < -0.4 is 0 Å². The monoisotopic (exact) mass is 276 g/mol. The van der Waals surface area contributed by atoms with Crippen molar-refractivity contribution in [3.8, 4) is 23.7 Å². The predicted molar refractivity (Wildman–Crippen MR) is 81.8 cm³/mol. The Morgan fingerprint density at radius 3 is 2.60 bits per heavy atom. The molecule has 0 heterocycles. The van der Waals surface area contributed by atoms with E-state index in [0.29, 0.717) is 0 Å². The van der Waals surface area contributed by atoms with Crippen LogP contribution in [-0.4, -0.2) is 22.6 Å². The molecule has 0 bridgehead atoms. The van der Waals surface area contributed by atoms with E-state index in [-0.39, 0.29) is 6.10 Å². The van der Waals surface area contributed by atoms with Gasteiger partial charge in [-0.1, -0.05) is 63.5 Å². The SMILES string of the molecule is C=CC(O)C#CC#C/C=C/C(CCCCCCC)OO. The van der Waals surface area contributed by atoms with E-state index >= 15 is 0 Å². The summed E-state index contributed by atoms with van der Waals surface area (Å²) < 4.78 is 0. The maximum absolute atomic E-state index is 9.07. The van der Waals surface area contributed by atoms with Gasteiger partial charge in [0, 0.05) is 0 Å². The standard InChI is InChI=1S/C17H24O3/c1-3-5-6-7-11-14-17(20-19)15-12-9-8-10-13-16(18)4-2/h4,12,15-19H,2-3,5-7,11,14H2,1H3/b15-12+. The summed E-state index contributed by atoms with van der Waals surface area (Å²) in [5.41, 5.74) is 0. The molecule has 0 fully saturated rings. The number of allylic oxidation sites excluding steroid dienone is 1. The largest absolute Gasteiger partial charge is 0.377 e. The van der Waals surface area contributed by atoms with Crippen LogP contribution in [-0.2, 0) is 4.89 Å². The van der Waals surface area contributed by atoms with E-state index in [4.69, 9.17) is 10.4 Å². The predicted octanol–water partition coefficient (Wildman–Crippen LogP) is 3.32. The van der Waals surface area contributed by atoms with E-state index in [0.717, 1.165) is 19.3 Å². The summed E-state index contributed by atoms with van der Waals surface area (Å²) >= 11 is 0. The zero-order chi connectivity index (χ0) is 15.1. The molecule has 2 atom stereocenters. The summed E-state index contributed by atoms with van der Waals surface area (Å²) in [6.45, 7) is 5.58. The van der Waals surface area contributed by atoms with Crippen molar-refractivity contribution in [2.45, 2.75) is 57.7 Å². The summed E-state index contributed by atoms with van der Waals surface area (Å²) in [7, 11) is 0. The van der Waals surface area contributed by atoms with Gasteiger partial charge in [-0.15, -0.1) is 0 Å². The molecule has 3 nitrogen and oxygen atoms in total. The molecule has 0 aromatic heterocycles. The summed E-state index contributed by atoms with van der Waals surface area (Å²) in [4.78, 5) is 4.38. The molecule has 0 radical (unpaired) electrons. The number of aliphatic hydroxyl groups excluding tert-OH is 1. The first-order valence-electron chi connectivity index (χ1n) is 7.03. The highest BCUT2D eigenvalue weighted by molar-refractivity contribution is 5.32. The minimum absolute atomic E-state index is 0.322. The lowest BCUT2D eigenvalue weighted by Crippen LogP contribution is -2.06. The fourth-order valence-electron chi connectivity index (χ4n) is 1.54. The van der Waals surface area contributed by atoms with Gasteiger partial charge >= 0.3 is 0 Å². The molecule has 0 saturated heterocycles. The van der Waals surface area contributed by atoms with Crippen LogP contribution in [0, 0.1) is 23.7 Å². The lowest BCUT2D eigenvalue weighted by atomic mass is 10.1. The molecule has 0 aromatic rings. The van der Waals surface area contributed by atoms with Gasteiger partial charge in [0.1, 0.15) is 12.2 Å². The van der Waals surface area contributed by atoms with Gasteiger partial charge in [-0.3, -0.25) is 5.26 Å². The Balaban J connectivity index is 3.97. The Labute approximate surface area is 122 Å². The fraction of sp³-hybridized carbons (Fsp3) is 0.529. The molecule has 0 saturated carbocycles. The minimum atomic E-state index is -0.843. The Kier molecular flexibility index (Phi) is 12.8. The maximum Gasteiger partial charge on any atom is 0.134 e. The molecule has 0 rings (SSSR count). The second-order valence-electron chi connectivity index (χ2n) is 4.43. The normalized spacial score (nSPS) is 12.9. The third kappa shape index (κ3) is 11.6. The van der Waals surface area contributed by atoms with Crippen LogP contribution in [0.4, 0.5) is 0 Å². The van der Waals surface area contributed by atoms with Crippen LogP contribution in [0.5, 0.6) is 0 Å². The van der Waals surface area contributed by atoms with Crippen molar-refractivity contribution in [2.24, 2.45) is 0 Å². The Morgan fingerprint density at radius 1 is 1.20 bits per heavy atom. The van der Waals surface area contributed by atoms with Crippen molar-refractivity contribution in [3.63, 3.8) is 0 Å². The summed E-state index contributed by atoms with van der Waals surface area (Å²) in [5, 5.41) is 17.8. The first-order valence-corrected chi connectivity index (χ1v) is 7.03. The maximum atomic E-state index is 9.07. The minimum Gasteiger partial charge on any atom is -0.377 e. The lowest BCUT2D eigenvalue weighted by molar-refractivity contribution is -0.267. The molecule has 0 amide bonds. The highest BCUT2D eigenvalue weighted by atomic mass is 17.1. The topological polar surface area (TPSA) is 49.7 Å². The highest BCUT2D eigenvalue weighted by Gasteiger charge is 2.03. The van der Waals surface area contributed by atoms with E-state index in [2.05, 4.69) is 42.1 Å². The molecule has 20 heavy (non-hydrogen) atoms. The Hall–Kier alpha value is -1.52. The van der Waals surface area contributed by atoms with Crippen molar-refractivity contribution < 1.29 is 15.3 Å². The van der Waals surface area contributed by atoms with Crippen molar-refractivity contribution in [1.29, 1.82) is 0 Å². The van der Waals surface area contributed by atoms with Gasteiger partial charge in [0.2, 0.25) is 0 Å². The number of hydrogen-bond acceptors (Lipinski definition) is 3. The first kappa shape index (κ1) is 18.5. The van der Waals surface area contributed by atoms with E-state index in [1.807, 2.05) is 0 Å². The lowest BCUT2D eigenvalue weighted by Gasteiger charge is -2.07. The Bertz CT molecular complexity index is 390. The van der Waals surface area contributed by atoms with Gasteiger partial charge in [0.25, 0.3) is 0 Å². The van der Waals surface area contributed by atoms with Gasteiger partial charge in [-0.05, 0) is 30.4 Å². The molecule has 0 aromatic carbocycles. The van der Waals surface area contributed by atoms with Crippen molar-refractivity contribution >= 4 is 0 Å². The molecular weight excluding hydrogens is 252 g/mol. The van der Waals surface area contributed by atoms with Crippen LogP contribution in [0.25, 0.3) is 0 Å². The van der Waals surface area contributed by atoms with E-state index < -0.39 is 6.10 Å². The van der Waals surface area contributed by atoms with Crippen LogP contribution in [0.3, 0.4) is 0 Å². The quantitative estimate of drug-likeness (QED) is 0.223. The molecule has 2 N–H and O–H groups in total. The van der Waals surface area contributed by atoms with Gasteiger partial charge in [0.15, 0.2) is 0 Å². The molecule has 0 aliphatic carbocycles. The highest BCUT2D eigenvalue weighted by Crippen LogP contribution is 2.09. The van der Waals surface area contributed by atoms with Gasteiger partial charge in [-0.25, -0.2) is 4.89 Å². The molecular formula is C17H24O3. The smallest absolute Gasteiger partial charge is 0.134 e. The number of unbranched alkanes of at least 4 members (excludes halogenated alkanes) is 4. The van der Waals surface area contributed by atoms with E-state index in [9.17, 15) is 0 Å². The van der Waals surface area contributed by atoms with Crippen LogP contribution in [0.2, 0.25) is 0 Å². The van der Waals surface area contributed by atoms with Crippen LogP contribution >= 0.6 is 0 Å². The molecule has 2 unspecified atom stereocenters. The van der Waals surface area contributed by atoms with Crippen molar-refractivity contribution in [1.82, 2.24) is 0 Å². The zero-order valence-electron chi connectivity index (χ0n) is 12.1. The van der Waals surface area contributed by atoms with Crippen molar-refractivity contribution in [2.75, 3.05) is 0 Å². The Morgan fingerprint density at radius 2 is 1.95 bits per heavy atom. The molecule has 110 valence electrons. The van der Waals surface area contributed by atoms with Gasteiger partial charge < -0.3 is 5.11 Å². The summed E-state index contributed by atoms with van der Waals surface area (Å²) in [6, 6.07) is 0. The van der Waals surface area contributed by atoms with Crippen LogP contribution in [0.15, 0.2) is 24.8 Å². The zero-order valence-corrected chi connectivity index (χ0v) is 12.1. The number of aliphatic hydroxyl groups is 1. The average molecular weight is 276 g/mol. The molecule has 0 spiro atoms. The van der Waals surface area contributed by atoms with Crippen molar-refractivity contribution in [3.05, 3.63) is 24.8 Å². The first-order chi connectivity index (χ1) is 9.74. The average Bonchev–Trinajstić information content (AvgIpc) is 2.47. The van der Waals surface area contributed by atoms with Gasteiger partial charge in [-0.2, -0.15) is 0 Å². The number of hydrogen-bond donors (Lipinski definition) is 2.